The average Bonchev–Trinajstić information content (AvgIpc) is 3.02. The van der Waals surface area contributed by atoms with Crippen LogP contribution in [-0.2, 0) is 14.3 Å². The van der Waals surface area contributed by atoms with Crippen LogP contribution >= 0.6 is 0 Å². The van der Waals surface area contributed by atoms with Gasteiger partial charge in [0.1, 0.15) is 5.75 Å². The number of ether oxygens (including phenoxy) is 5. The Morgan fingerprint density at radius 1 is 0.723 bits per heavy atom. The highest BCUT2D eigenvalue weighted by Gasteiger charge is 2.25. The first-order chi connectivity index (χ1) is 22.4. The normalized spacial score (nSPS) is 11.2. The van der Waals surface area contributed by atoms with Crippen LogP contribution in [0.25, 0.3) is 6.08 Å². The van der Waals surface area contributed by atoms with Crippen LogP contribution in [0.5, 0.6) is 17.2 Å². The van der Waals surface area contributed by atoms with Crippen LogP contribution in [-0.4, -0.2) is 51.0 Å². The van der Waals surface area contributed by atoms with E-state index in [0.717, 1.165) is 0 Å². The summed E-state index contributed by atoms with van der Waals surface area (Å²) in [6.45, 7) is 0.493. The maximum absolute atomic E-state index is 12.7. The zero-order valence-corrected chi connectivity index (χ0v) is 25.8. The summed E-state index contributed by atoms with van der Waals surface area (Å²) >= 11 is 0. The number of hydrogen-bond acceptors (Lipinski definition) is 10. The van der Waals surface area contributed by atoms with Crippen LogP contribution in [0.1, 0.15) is 64.8 Å². The summed E-state index contributed by atoms with van der Waals surface area (Å²) in [5.74, 6) is -0.814. The highest BCUT2D eigenvalue weighted by Crippen LogP contribution is 2.29. The van der Waals surface area contributed by atoms with Crippen molar-refractivity contribution in [2.24, 2.45) is 0 Å². The molecule has 0 aliphatic carbocycles. The van der Waals surface area contributed by atoms with E-state index >= 15 is 0 Å². The Hall–Kier alpha value is -5.20. The monoisotopic (exact) mass is 658 g/mol. The molecule has 0 aliphatic heterocycles. The lowest BCUT2D eigenvalue weighted by Gasteiger charge is -2.12. The molecule has 0 saturated heterocycles. The van der Waals surface area contributed by atoms with Gasteiger partial charge in [-0.25, -0.2) is 14.4 Å². The van der Waals surface area contributed by atoms with Crippen molar-refractivity contribution in [1.82, 2.24) is 0 Å². The van der Waals surface area contributed by atoms with Crippen molar-refractivity contribution in [1.29, 1.82) is 0 Å². The summed E-state index contributed by atoms with van der Waals surface area (Å²) in [6, 6.07) is 15.4. The molecule has 0 bridgehead atoms. The summed E-state index contributed by atoms with van der Waals surface area (Å²) in [7, 11) is 1.41. The fourth-order valence-electron chi connectivity index (χ4n) is 4.15. The number of esters is 3. The van der Waals surface area contributed by atoms with Gasteiger partial charge in [-0.15, -0.1) is 0 Å². The van der Waals surface area contributed by atoms with E-state index in [1.54, 1.807) is 30.3 Å². The Labute approximate surface area is 270 Å². The number of hydrogen-bond donors (Lipinski definition) is 2. The number of carbonyl (C=O) groups is 3. The minimum atomic E-state index is -4.16. The standard InChI is InChI=1S/C34H37F3N2O8/c1-43-30-21-24(10-13-29(30)44-16-4-2-3-15-34(35,36)37)33(42)47-28-11-7-23(8-12-28)9-14-31(40)45-17-5-6-18-46-32(41)25-19-26(38)22-27(39)20-25/h7-14,19-22H,2-6,15-18,38-39H2,1H3. The number of halogens is 3. The minimum Gasteiger partial charge on any atom is -0.493 e. The smallest absolute Gasteiger partial charge is 0.389 e. The molecule has 3 rings (SSSR count). The molecule has 4 N–H and O–H groups in total. The second-order valence-corrected chi connectivity index (χ2v) is 10.3. The molecule has 0 aliphatic rings. The average molecular weight is 659 g/mol. The number of methoxy groups -OCH3 is 1. The Morgan fingerprint density at radius 2 is 1.38 bits per heavy atom. The minimum absolute atomic E-state index is 0.0337. The quantitative estimate of drug-likeness (QED) is 0.0523. The number of anilines is 2. The van der Waals surface area contributed by atoms with Gasteiger partial charge in [-0.1, -0.05) is 12.1 Å². The number of alkyl halides is 3. The van der Waals surface area contributed by atoms with Crippen molar-refractivity contribution in [3.63, 3.8) is 0 Å². The van der Waals surface area contributed by atoms with E-state index in [1.807, 2.05) is 0 Å². The van der Waals surface area contributed by atoms with Crippen LogP contribution in [0.4, 0.5) is 24.5 Å². The van der Waals surface area contributed by atoms with Gasteiger partial charge in [-0.05, 0) is 92.3 Å². The zero-order valence-electron chi connectivity index (χ0n) is 25.8. The third-order valence-corrected chi connectivity index (χ3v) is 6.49. The van der Waals surface area contributed by atoms with Gasteiger partial charge in [-0.2, -0.15) is 13.2 Å². The molecule has 3 aromatic carbocycles. The number of unbranched alkanes of at least 4 members (excludes halogenated alkanes) is 3. The van der Waals surface area contributed by atoms with Crippen molar-refractivity contribution < 1.29 is 51.2 Å². The van der Waals surface area contributed by atoms with Gasteiger partial charge < -0.3 is 35.2 Å². The molecule has 0 saturated carbocycles. The van der Waals surface area contributed by atoms with E-state index in [2.05, 4.69) is 0 Å². The highest BCUT2D eigenvalue weighted by molar-refractivity contribution is 5.92. The lowest BCUT2D eigenvalue weighted by molar-refractivity contribution is -0.138. The topological polar surface area (TPSA) is 149 Å². The van der Waals surface area contributed by atoms with Gasteiger partial charge in [0.15, 0.2) is 11.5 Å². The predicted molar refractivity (Wildman–Crippen MR) is 169 cm³/mol. The first-order valence-electron chi connectivity index (χ1n) is 14.8. The second kappa shape index (κ2) is 18.1. The van der Waals surface area contributed by atoms with Gasteiger partial charge in [0.25, 0.3) is 0 Å². The maximum atomic E-state index is 12.7. The highest BCUT2D eigenvalue weighted by atomic mass is 19.4. The predicted octanol–water partition coefficient (Wildman–Crippen LogP) is 6.77. The van der Waals surface area contributed by atoms with E-state index in [9.17, 15) is 27.6 Å². The first-order valence-corrected chi connectivity index (χ1v) is 14.8. The molecule has 10 nitrogen and oxygen atoms in total. The van der Waals surface area contributed by atoms with Crippen LogP contribution in [0.2, 0.25) is 0 Å². The molecule has 252 valence electrons. The number of nitrogens with two attached hydrogens (primary N) is 2. The van der Waals surface area contributed by atoms with Crippen LogP contribution in [0.15, 0.2) is 66.7 Å². The van der Waals surface area contributed by atoms with Crippen molar-refractivity contribution in [2.45, 2.75) is 44.7 Å². The summed E-state index contributed by atoms with van der Waals surface area (Å²) in [5, 5.41) is 0. The molecule has 0 radical (unpaired) electrons. The lowest BCUT2D eigenvalue weighted by Crippen LogP contribution is -2.09. The van der Waals surface area contributed by atoms with Crippen LogP contribution in [0.3, 0.4) is 0 Å². The van der Waals surface area contributed by atoms with E-state index in [-0.39, 0.29) is 48.9 Å². The number of rotatable bonds is 17. The maximum Gasteiger partial charge on any atom is 0.389 e. The van der Waals surface area contributed by atoms with E-state index < -0.39 is 30.5 Å². The Bertz CT molecular complexity index is 1500. The summed E-state index contributed by atoms with van der Waals surface area (Å²) in [4.78, 5) is 36.8. The number of benzene rings is 3. The molecule has 13 heteroatoms. The van der Waals surface area contributed by atoms with Crippen molar-refractivity contribution in [3.8, 4) is 17.2 Å². The Morgan fingerprint density at radius 3 is 2.04 bits per heavy atom. The number of nitrogen functional groups attached to an aromatic ring is 2. The fourth-order valence-corrected chi connectivity index (χ4v) is 4.15. The molecular weight excluding hydrogens is 621 g/mol. The fraction of sp³-hybridized carbons (Fsp3) is 0.324. The molecule has 0 amide bonds. The van der Waals surface area contributed by atoms with Crippen LogP contribution < -0.4 is 25.7 Å². The lowest BCUT2D eigenvalue weighted by atomic mass is 10.2. The first kappa shape index (κ1) is 36.3. The molecule has 0 unspecified atom stereocenters. The summed E-state index contributed by atoms with van der Waals surface area (Å²) < 4.78 is 63.4. The van der Waals surface area contributed by atoms with Crippen molar-refractivity contribution >= 4 is 35.4 Å². The summed E-state index contributed by atoms with van der Waals surface area (Å²) in [6.07, 6.45) is -0.344. The van der Waals surface area contributed by atoms with E-state index in [4.69, 9.17) is 35.2 Å². The molecule has 0 heterocycles. The van der Waals surface area contributed by atoms with E-state index in [1.165, 1.54) is 49.6 Å². The largest absolute Gasteiger partial charge is 0.493 e. The molecule has 0 atom stereocenters. The van der Waals surface area contributed by atoms with Gasteiger partial charge in [0.2, 0.25) is 0 Å². The molecule has 0 spiro atoms. The van der Waals surface area contributed by atoms with Gasteiger partial charge in [-0.3, -0.25) is 0 Å². The zero-order chi connectivity index (χ0) is 34.2. The van der Waals surface area contributed by atoms with E-state index in [0.29, 0.717) is 48.4 Å². The van der Waals surface area contributed by atoms with Gasteiger partial charge in [0.05, 0.1) is 38.1 Å². The molecule has 0 fully saturated rings. The molecule has 0 aromatic heterocycles. The molecule has 47 heavy (non-hydrogen) atoms. The third-order valence-electron chi connectivity index (χ3n) is 6.49. The number of carbonyl (C=O) groups excluding carboxylic acids is 3. The Balaban J connectivity index is 1.36. The Kier molecular flexibility index (Phi) is 13.9. The molecule has 3 aromatic rings. The summed E-state index contributed by atoms with van der Waals surface area (Å²) in [5.41, 5.74) is 13.2. The van der Waals surface area contributed by atoms with Gasteiger partial charge >= 0.3 is 24.1 Å². The van der Waals surface area contributed by atoms with Crippen molar-refractivity contribution in [2.75, 3.05) is 38.4 Å². The van der Waals surface area contributed by atoms with Gasteiger partial charge in [0, 0.05) is 23.9 Å². The second-order valence-electron chi connectivity index (χ2n) is 10.3. The van der Waals surface area contributed by atoms with Crippen LogP contribution in [0, 0.1) is 0 Å². The third kappa shape index (κ3) is 13.4. The molecular formula is C34H37F3N2O8. The SMILES string of the molecule is COc1cc(C(=O)Oc2ccc(C=CC(=O)OCCCCOC(=O)c3cc(N)cc(N)c3)cc2)ccc1OCCCCCC(F)(F)F. The van der Waals surface area contributed by atoms with Crippen molar-refractivity contribution in [3.05, 3.63) is 83.4 Å².